The van der Waals surface area contributed by atoms with Gasteiger partial charge in [0.25, 0.3) is 5.91 Å². The Morgan fingerprint density at radius 3 is 2.41 bits per heavy atom. The minimum absolute atomic E-state index is 0.0858. The highest BCUT2D eigenvalue weighted by Crippen LogP contribution is 2.36. The molecule has 0 saturated heterocycles. The lowest BCUT2D eigenvalue weighted by molar-refractivity contribution is -0.143. The van der Waals surface area contributed by atoms with Gasteiger partial charge in [0.1, 0.15) is 0 Å². The number of rotatable bonds is 4. The quantitative estimate of drug-likeness (QED) is 0.528. The molecule has 2 aromatic heterocycles. The predicted octanol–water partition coefficient (Wildman–Crippen LogP) is 5.24. The molecule has 2 heterocycles. The molecule has 0 aliphatic rings. The summed E-state index contributed by atoms with van der Waals surface area (Å²) in [5.41, 5.74) is -3.75. The van der Waals surface area contributed by atoms with Gasteiger partial charge in [-0.1, -0.05) is 12.1 Å². The van der Waals surface area contributed by atoms with Crippen LogP contribution in [0.15, 0.2) is 48.0 Å². The Bertz CT molecular complexity index is 1010. The van der Waals surface area contributed by atoms with Gasteiger partial charge in [-0.3, -0.25) is 4.79 Å². The lowest BCUT2D eigenvalue weighted by Gasteiger charge is -2.18. The van der Waals surface area contributed by atoms with Crippen LogP contribution in [0.25, 0.3) is 5.69 Å². The highest BCUT2D eigenvalue weighted by molar-refractivity contribution is 7.09. The number of thiophene rings is 1. The number of carbonyl (C=O) groups excluding carboxylic acids is 1. The van der Waals surface area contributed by atoms with Gasteiger partial charge in [0.05, 0.1) is 29.6 Å². The Hall–Kier alpha value is -2.82. The number of aromatic nitrogens is 2. The van der Waals surface area contributed by atoms with E-state index in [1.165, 1.54) is 18.4 Å². The number of halogens is 6. The van der Waals surface area contributed by atoms with Gasteiger partial charge in [-0.15, -0.1) is 11.3 Å². The van der Waals surface area contributed by atoms with E-state index >= 15 is 0 Å². The van der Waals surface area contributed by atoms with Crippen LogP contribution in [-0.2, 0) is 18.9 Å². The molecule has 1 aromatic carbocycles. The summed E-state index contributed by atoms with van der Waals surface area (Å²) in [7, 11) is 1.34. The molecule has 154 valence electrons. The summed E-state index contributed by atoms with van der Waals surface area (Å²) in [6, 6.07) is 6.79. The van der Waals surface area contributed by atoms with Crippen molar-refractivity contribution in [3.05, 3.63) is 69.7 Å². The number of amides is 1. The standard InChI is InChI=1S/C18H13F6N3OS/c1-26(10-13-6-3-7-29-13)16(28)14-9-25-27(15(14)18(22,23)24)12-5-2-4-11(8-12)17(19,20)21/h2-9H,10H2,1H3. The van der Waals surface area contributed by atoms with E-state index in [0.29, 0.717) is 10.7 Å². The number of hydrogen-bond acceptors (Lipinski definition) is 3. The summed E-state index contributed by atoms with van der Waals surface area (Å²) in [6.07, 6.45) is -9.03. The monoisotopic (exact) mass is 433 g/mol. The fourth-order valence-electron chi connectivity index (χ4n) is 2.70. The van der Waals surface area contributed by atoms with Crippen LogP contribution in [0.1, 0.15) is 26.5 Å². The Morgan fingerprint density at radius 1 is 1.10 bits per heavy atom. The molecule has 0 fully saturated rings. The summed E-state index contributed by atoms with van der Waals surface area (Å²) in [5.74, 6) is -0.941. The number of hydrogen-bond donors (Lipinski definition) is 0. The van der Waals surface area contributed by atoms with Crippen LogP contribution in [0.3, 0.4) is 0 Å². The molecule has 0 atom stereocenters. The molecule has 0 bridgehead atoms. The van der Waals surface area contributed by atoms with Crippen molar-refractivity contribution < 1.29 is 31.1 Å². The van der Waals surface area contributed by atoms with Gasteiger partial charge in [0.2, 0.25) is 0 Å². The zero-order valence-corrected chi connectivity index (χ0v) is 15.6. The van der Waals surface area contributed by atoms with Crippen LogP contribution in [0, 0.1) is 0 Å². The summed E-state index contributed by atoms with van der Waals surface area (Å²) >= 11 is 1.34. The van der Waals surface area contributed by atoms with Gasteiger partial charge in [-0.2, -0.15) is 31.4 Å². The molecule has 29 heavy (non-hydrogen) atoms. The average Bonchev–Trinajstić information content (AvgIpc) is 3.29. The number of benzene rings is 1. The topological polar surface area (TPSA) is 38.1 Å². The van der Waals surface area contributed by atoms with Crippen LogP contribution in [0.2, 0.25) is 0 Å². The lowest BCUT2D eigenvalue weighted by atomic mass is 10.1. The fourth-order valence-corrected chi connectivity index (χ4v) is 3.46. The van der Waals surface area contributed by atoms with Gasteiger partial charge < -0.3 is 4.90 Å². The SMILES string of the molecule is CN(Cc1cccs1)C(=O)c1cnn(-c2cccc(C(F)(F)F)c2)c1C(F)(F)F. The predicted molar refractivity (Wildman–Crippen MR) is 93.7 cm³/mol. The van der Waals surface area contributed by atoms with Crippen molar-refractivity contribution in [2.45, 2.75) is 18.9 Å². The van der Waals surface area contributed by atoms with Crippen molar-refractivity contribution in [3.8, 4) is 5.69 Å². The van der Waals surface area contributed by atoms with Gasteiger partial charge in [0, 0.05) is 11.9 Å². The smallest absolute Gasteiger partial charge is 0.336 e. The number of alkyl halides is 6. The summed E-state index contributed by atoms with van der Waals surface area (Å²) in [4.78, 5) is 14.5. The molecule has 11 heteroatoms. The number of carbonyl (C=O) groups is 1. The molecule has 0 radical (unpaired) electrons. The Morgan fingerprint density at radius 2 is 1.83 bits per heavy atom. The molecule has 0 unspecified atom stereocenters. The third kappa shape index (κ3) is 4.44. The van der Waals surface area contributed by atoms with Crippen molar-refractivity contribution in [2.75, 3.05) is 7.05 Å². The third-order valence-electron chi connectivity index (χ3n) is 4.01. The molecule has 0 saturated carbocycles. The zero-order chi connectivity index (χ0) is 21.4. The van der Waals surface area contributed by atoms with Crippen LogP contribution in [0.4, 0.5) is 26.3 Å². The summed E-state index contributed by atoms with van der Waals surface area (Å²) in [5, 5.41) is 5.33. The largest absolute Gasteiger partial charge is 0.434 e. The van der Waals surface area contributed by atoms with Crippen LogP contribution in [0.5, 0.6) is 0 Å². The fraction of sp³-hybridized carbons (Fsp3) is 0.222. The van der Waals surface area contributed by atoms with Crippen molar-refractivity contribution in [2.24, 2.45) is 0 Å². The van der Waals surface area contributed by atoms with Crippen LogP contribution < -0.4 is 0 Å². The highest BCUT2D eigenvalue weighted by Gasteiger charge is 2.41. The Labute approximate surface area is 165 Å². The summed E-state index contributed by atoms with van der Waals surface area (Å²) in [6.45, 7) is 0.0858. The van der Waals surface area contributed by atoms with Crippen molar-refractivity contribution in [3.63, 3.8) is 0 Å². The minimum Gasteiger partial charge on any atom is -0.336 e. The van der Waals surface area contributed by atoms with Gasteiger partial charge >= 0.3 is 12.4 Å². The first kappa shape index (κ1) is 20.9. The van der Waals surface area contributed by atoms with E-state index in [4.69, 9.17) is 0 Å². The van der Waals surface area contributed by atoms with Gasteiger partial charge in [0.15, 0.2) is 5.69 Å². The van der Waals surface area contributed by atoms with E-state index in [1.54, 1.807) is 17.5 Å². The maximum Gasteiger partial charge on any atom is 0.434 e. The highest BCUT2D eigenvalue weighted by atomic mass is 32.1. The molecule has 3 rings (SSSR count). The normalized spacial score (nSPS) is 12.2. The van der Waals surface area contributed by atoms with E-state index in [2.05, 4.69) is 5.10 Å². The maximum atomic E-state index is 13.7. The van der Waals surface area contributed by atoms with Crippen LogP contribution >= 0.6 is 11.3 Å². The van der Waals surface area contributed by atoms with E-state index in [-0.39, 0.29) is 6.54 Å². The molecule has 1 amide bonds. The van der Waals surface area contributed by atoms with E-state index in [1.807, 2.05) is 0 Å². The van der Waals surface area contributed by atoms with Gasteiger partial charge in [-0.25, -0.2) is 4.68 Å². The van der Waals surface area contributed by atoms with Gasteiger partial charge in [-0.05, 0) is 29.6 Å². The first-order chi connectivity index (χ1) is 13.5. The molecular weight excluding hydrogens is 420 g/mol. The minimum atomic E-state index is -5.01. The molecule has 0 N–H and O–H groups in total. The first-order valence-electron chi connectivity index (χ1n) is 8.09. The second-order valence-electron chi connectivity index (χ2n) is 6.11. The molecule has 0 spiro atoms. The second-order valence-corrected chi connectivity index (χ2v) is 7.14. The second kappa shape index (κ2) is 7.54. The van der Waals surface area contributed by atoms with E-state index < -0.39 is 40.8 Å². The van der Waals surface area contributed by atoms with Crippen molar-refractivity contribution >= 4 is 17.2 Å². The average molecular weight is 433 g/mol. The Kier molecular flexibility index (Phi) is 5.44. The lowest BCUT2D eigenvalue weighted by Crippen LogP contribution is -2.28. The molecule has 0 aliphatic carbocycles. The van der Waals surface area contributed by atoms with E-state index in [9.17, 15) is 31.1 Å². The Balaban J connectivity index is 2.03. The first-order valence-corrected chi connectivity index (χ1v) is 8.97. The molecule has 4 nitrogen and oxygen atoms in total. The third-order valence-corrected chi connectivity index (χ3v) is 4.87. The number of nitrogens with zero attached hydrogens (tertiary/aromatic N) is 3. The van der Waals surface area contributed by atoms with E-state index in [0.717, 1.165) is 34.2 Å². The maximum absolute atomic E-state index is 13.7. The van der Waals surface area contributed by atoms with Crippen LogP contribution in [-0.4, -0.2) is 27.6 Å². The van der Waals surface area contributed by atoms with Crippen molar-refractivity contribution in [1.82, 2.24) is 14.7 Å². The summed E-state index contributed by atoms with van der Waals surface area (Å²) < 4.78 is 80.2. The molecular formula is C18H13F6N3OS. The van der Waals surface area contributed by atoms with Crippen molar-refractivity contribution in [1.29, 1.82) is 0 Å². The molecule has 3 aromatic rings. The zero-order valence-electron chi connectivity index (χ0n) is 14.8. The molecule has 0 aliphatic heterocycles.